The van der Waals surface area contributed by atoms with E-state index in [4.69, 9.17) is 9.63 Å². The van der Waals surface area contributed by atoms with Gasteiger partial charge in [-0.3, -0.25) is 9.59 Å². The van der Waals surface area contributed by atoms with Crippen LogP contribution in [-0.2, 0) is 4.79 Å². The number of hydrogen-bond donors (Lipinski definition) is 2. The molecule has 6 heteroatoms. The first-order chi connectivity index (χ1) is 7.59. The first kappa shape index (κ1) is 12.2. The van der Waals surface area contributed by atoms with Crippen LogP contribution in [0.1, 0.15) is 35.5 Å². The van der Waals surface area contributed by atoms with Crippen LogP contribution in [0.3, 0.4) is 0 Å². The number of aromatic nitrogens is 1. The number of amides is 1. The van der Waals surface area contributed by atoms with Crippen LogP contribution in [0.5, 0.6) is 0 Å². The molecule has 0 aliphatic rings. The summed E-state index contributed by atoms with van der Waals surface area (Å²) in [5.74, 6) is -0.540. The fourth-order valence-electron chi connectivity index (χ4n) is 1.17. The quantitative estimate of drug-likeness (QED) is 0.705. The largest absolute Gasteiger partial charge is 0.481 e. The highest BCUT2D eigenvalue weighted by molar-refractivity contribution is 5.92. The van der Waals surface area contributed by atoms with Gasteiger partial charge in [0.25, 0.3) is 5.91 Å². The zero-order chi connectivity index (χ0) is 12.0. The molecule has 1 rings (SSSR count). The van der Waals surface area contributed by atoms with Gasteiger partial charge < -0.3 is 14.9 Å². The second-order valence-corrected chi connectivity index (χ2v) is 3.43. The Morgan fingerprint density at radius 3 is 2.81 bits per heavy atom. The third-order valence-corrected chi connectivity index (χ3v) is 1.96. The monoisotopic (exact) mass is 226 g/mol. The molecule has 0 bridgehead atoms. The van der Waals surface area contributed by atoms with Gasteiger partial charge in [0.05, 0.1) is 0 Å². The number of unbranched alkanes of at least 4 members (excludes halogenated alkanes) is 1. The van der Waals surface area contributed by atoms with Gasteiger partial charge in [-0.05, 0) is 19.8 Å². The van der Waals surface area contributed by atoms with Crippen molar-refractivity contribution in [3.05, 3.63) is 17.5 Å². The zero-order valence-corrected chi connectivity index (χ0v) is 9.02. The molecule has 6 nitrogen and oxygen atoms in total. The number of nitrogens with one attached hydrogen (secondary N) is 1. The van der Waals surface area contributed by atoms with Gasteiger partial charge in [0.1, 0.15) is 5.76 Å². The predicted molar refractivity (Wildman–Crippen MR) is 55.1 cm³/mol. The summed E-state index contributed by atoms with van der Waals surface area (Å²) < 4.78 is 4.76. The minimum absolute atomic E-state index is 0.124. The van der Waals surface area contributed by atoms with Crippen molar-refractivity contribution in [3.63, 3.8) is 0 Å². The number of carbonyl (C=O) groups is 2. The van der Waals surface area contributed by atoms with E-state index >= 15 is 0 Å². The Morgan fingerprint density at radius 1 is 1.50 bits per heavy atom. The topological polar surface area (TPSA) is 92.4 Å². The lowest BCUT2D eigenvalue weighted by Gasteiger charge is -2.00. The molecule has 88 valence electrons. The Labute approximate surface area is 92.6 Å². The summed E-state index contributed by atoms with van der Waals surface area (Å²) >= 11 is 0. The molecule has 0 saturated carbocycles. The van der Waals surface area contributed by atoms with Crippen LogP contribution in [0.2, 0.25) is 0 Å². The molecule has 0 radical (unpaired) electrons. The van der Waals surface area contributed by atoms with Crippen molar-refractivity contribution in [2.45, 2.75) is 26.2 Å². The number of carbonyl (C=O) groups excluding carboxylic acids is 1. The van der Waals surface area contributed by atoms with Gasteiger partial charge in [-0.1, -0.05) is 5.16 Å². The summed E-state index contributed by atoms with van der Waals surface area (Å²) in [5.41, 5.74) is 0.246. The normalized spacial score (nSPS) is 10.1. The summed E-state index contributed by atoms with van der Waals surface area (Å²) in [5, 5.41) is 14.6. The third kappa shape index (κ3) is 4.12. The van der Waals surface area contributed by atoms with Gasteiger partial charge in [0.2, 0.25) is 0 Å². The maximum Gasteiger partial charge on any atom is 0.303 e. The van der Waals surface area contributed by atoms with Crippen molar-refractivity contribution in [2.75, 3.05) is 6.54 Å². The Hall–Kier alpha value is -1.85. The van der Waals surface area contributed by atoms with E-state index in [0.29, 0.717) is 25.1 Å². The van der Waals surface area contributed by atoms with Gasteiger partial charge in [0, 0.05) is 19.0 Å². The predicted octanol–water partition coefficient (Wildman–Crippen LogP) is 0.968. The number of rotatable bonds is 6. The number of carboxylic acids is 1. The molecule has 0 aliphatic heterocycles. The second-order valence-electron chi connectivity index (χ2n) is 3.43. The molecule has 0 unspecified atom stereocenters. The van der Waals surface area contributed by atoms with Crippen molar-refractivity contribution in [1.29, 1.82) is 0 Å². The Balaban J connectivity index is 2.18. The van der Waals surface area contributed by atoms with E-state index in [9.17, 15) is 9.59 Å². The molecule has 0 spiro atoms. The van der Waals surface area contributed by atoms with Crippen LogP contribution >= 0.6 is 0 Å². The fourth-order valence-corrected chi connectivity index (χ4v) is 1.17. The van der Waals surface area contributed by atoms with Crippen LogP contribution in [-0.4, -0.2) is 28.7 Å². The highest BCUT2D eigenvalue weighted by Crippen LogP contribution is 2.01. The maximum atomic E-state index is 11.4. The van der Waals surface area contributed by atoms with Gasteiger partial charge in [-0.2, -0.15) is 0 Å². The Morgan fingerprint density at radius 2 is 2.25 bits per heavy atom. The lowest BCUT2D eigenvalue weighted by Crippen LogP contribution is -2.24. The molecule has 16 heavy (non-hydrogen) atoms. The first-order valence-corrected chi connectivity index (χ1v) is 5.03. The van der Waals surface area contributed by atoms with Gasteiger partial charge in [-0.25, -0.2) is 0 Å². The Kier molecular flexibility index (Phi) is 4.50. The Bertz CT molecular complexity index is 373. The maximum absolute atomic E-state index is 11.4. The highest BCUT2D eigenvalue weighted by atomic mass is 16.5. The standard InChI is InChI=1S/C10H14N2O4/c1-7-6-8(12-16-7)10(15)11-5-3-2-4-9(13)14/h6H,2-5H2,1H3,(H,11,15)(H,13,14). The SMILES string of the molecule is Cc1cc(C(=O)NCCCCC(=O)O)no1. The van der Waals surface area contributed by atoms with Crippen LogP contribution in [0, 0.1) is 6.92 Å². The first-order valence-electron chi connectivity index (χ1n) is 5.03. The van der Waals surface area contributed by atoms with E-state index in [1.807, 2.05) is 0 Å². The van der Waals surface area contributed by atoms with Gasteiger partial charge >= 0.3 is 5.97 Å². The zero-order valence-electron chi connectivity index (χ0n) is 9.02. The summed E-state index contributed by atoms with van der Waals surface area (Å²) in [7, 11) is 0. The van der Waals surface area contributed by atoms with Crippen molar-refractivity contribution in [1.82, 2.24) is 10.5 Å². The lowest BCUT2D eigenvalue weighted by molar-refractivity contribution is -0.137. The molecular weight excluding hydrogens is 212 g/mol. The van der Waals surface area contributed by atoms with Crippen LogP contribution in [0.4, 0.5) is 0 Å². The molecule has 2 N–H and O–H groups in total. The average molecular weight is 226 g/mol. The minimum atomic E-state index is -0.821. The van der Waals surface area contributed by atoms with E-state index < -0.39 is 5.97 Å². The molecular formula is C10H14N2O4. The molecule has 1 aromatic rings. The van der Waals surface area contributed by atoms with E-state index in [0.717, 1.165) is 0 Å². The van der Waals surface area contributed by atoms with E-state index in [-0.39, 0.29) is 18.0 Å². The number of aliphatic carboxylic acids is 1. The van der Waals surface area contributed by atoms with E-state index in [1.165, 1.54) is 0 Å². The number of hydrogen-bond acceptors (Lipinski definition) is 4. The van der Waals surface area contributed by atoms with Crippen molar-refractivity contribution < 1.29 is 19.2 Å². The van der Waals surface area contributed by atoms with E-state index in [1.54, 1.807) is 13.0 Å². The molecule has 0 atom stereocenters. The van der Waals surface area contributed by atoms with Crippen LogP contribution in [0.15, 0.2) is 10.6 Å². The van der Waals surface area contributed by atoms with Crippen molar-refractivity contribution >= 4 is 11.9 Å². The average Bonchev–Trinajstić information content (AvgIpc) is 2.63. The molecule has 0 aromatic carbocycles. The second kappa shape index (κ2) is 5.89. The smallest absolute Gasteiger partial charge is 0.303 e. The summed E-state index contributed by atoms with van der Waals surface area (Å²) in [6.45, 7) is 2.15. The summed E-state index contributed by atoms with van der Waals surface area (Å²) in [6, 6.07) is 1.55. The van der Waals surface area contributed by atoms with Crippen LogP contribution < -0.4 is 5.32 Å². The molecule has 0 fully saturated rings. The van der Waals surface area contributed by atoms with Gasteiger partial charge in [-0.15, -0.1) is 0 Å². The van der Waals surface area contributed by atoms with E-state index in [2.05, 4.69) is 10.5 Å². The summed E-state index contributed by atoms with van der Waals surface area (Å²) in [4.78, 5) is 21.6. The molecule has 1 amide bonds. The van der Waals surface area contributed by atoms with Crippen molar-refractivity contribution in [3.8, 4) is 0 Å². The number of carboxylic acid groups (broad SMARTS) is 1. The fraction of sp³-hybridized carbons (Fsp3) is 0.500. The minimum Gasteiger partial charge on any atom is -0.481 e. The molecule has 1 aromatic heterocycles. The third-order valence-electron chi connectivity index (χ3n) is 1.96. The summed E-state index contributed by atoms with van der Waals surface area (Å²) in [6.07, 6.45) is 1.31. The lowest BCUT2D eigenvalue weighted by atomic mass is 10.2. The number of aryl methyl sites for hydroxylation is 1. The van der Waals surface area contributed by atoms with Gasteiger partial charge in [0.15, 0.2) is 5.69 Å². The van der Waals surface area contributed by atoms with Crippen molar-refractivity contribution in [2.24, 2.45) is 0 Å². The molecule has 0 saturated heterocycles. The molecule has 0 aliphatic carbocycles. The van der Waals surface area contributed by atoms with Crippen LogP contribution in [0.25, 0.3) is 0 Å². The number of nitrogens with zero attached hydrogens (tertiary/aromatic N) is 1. The highest BCUT2D eigenvalue weighted by Gasteiger charge is 2.09. The molecule has 1 heterocycles.